The fourth-order valence-corrected chi connectivity index (χ4v) is 3.63. The van der Waals surface area contributed by atoms with Crippen molar-refractivity contribution in [3.05, 3.63) is 54.1 Å². The molecule has 1 heterocycles. The third-order valence-electron chi connectivity index (χ3n) is 5.78. The number of carbonyl (C=O) groups is 2. The van der Waals surface area contributed by atoms with E-state index in [2.05, 4.69) is 40.8 Å². The number of amides is 2. The van der Waals surface area contributed by atoms with E-state index < -0.39 is 6.04 Å². The number of hydrogen-bond donors (Lipinski definition) is 3. The summed E-state index contributed by atoms with van der Waals surface area (Å²) in [6, 6.07) is 14.9. The van der Waals surface area contributed by atoms with Crippen molar-refractivity contribution in [2.45, 2.75) is 39.2 Å². The number of benzene rings is 2. The molecule has 2 unspecified atom stereocenters. The zero-order chi connectivity index (χ0) is 22.9. The number of hydrogen-bond acceptors (Lipinski definition) is 5. The Hall–Kier alpha value is -2.90. The van der Waals surface area contributed by atoms with Crippen LogP contribution in [0.5, 0.6) is 0 Å². The molecule has 7 heteroatoms. The SMILES string of the molecule is CCC(C)c1ccccc1NC(=O)C(C)Nc1ccc(NC(=O)CN2CCOCC2)cc1. The first-order chi connectivity index (χ1) is 15.5. The first kappa shape index (κ1) is 23.8. The molecule has 1 aliphatic rings. The van der Waals surface area contributed by atoms with Crippen LogP contribution in [0.1, 0.15) is 38.7 Å². The number of ether oxygens (including phenoxy) is 1. The van der Waals surface area contributed by atoms with E-state index in [0.717, 1.165) is 42.1 Å². The van der Waals surface area contributed by atoms with Gasteiger partial charge < -0.3 is 20.7 Å². The highest BCUT2D eigenvalue weighted by atomic mass is 16.5. The molecule has 172 valence electrons. The van der Waals surface area contributed by atoms with Crippen LogP contribution in [0.3, 0.4) is 0 Å². The monoisotopic (exact) mass is 438 g/mol. The fourth-order valence-electron chi connectivity index (χ4n) is 3.63. The Morgan fingerprint density at radius 3 is 2.31 bits per heavy atom. The Balaban J connectivity index is 1.51. The van der Waals surface area contributed by atoms with Crippen LogP contribution in [-0.2, 0) is 14.3 Å². The first-order valence-electron chi connectivity index (χ1n) is 11.3. The highest BCUT2D eigenvalue weighted by Crippen LogP contribution is 2.26. The maximum absolute atomic E-state index is 12.7. The zero-order valence-corrected chi connectivity index (χ0v) is 19.2. The Kier molecular flexibility index (Phi) is 8.64. The summed E-state index contributed by atoms with van der Waals surface area (Å²) in [5.41, 5.74) is 3.55. The molecule has 1 fully saturated rings. The van der Waals surface area contributed by atoms with Gasteiger partial charge >= 0.3 is 0 Å². The van der Waals surface area contributed by atoms with Crippen molar-refractivity contribution in [2.75, 3.05) is 48.8 Å². The molecular weight excluding hydrogens is 404 g/mol. The summed E-state index contributed by atoms with van der Waals surface area (Å²) in [5, 5.41) is 9.19. The average molecular weight is 439 g/mol. The van der Waals surface area contributed by atoms with Gasteiger partial charge in [-0.25, -0.2) is 0 Å². The van der Waals surface area contributed by atoms with Crippen molar-refractivity contribution in [3.8, 4) is 0 Å². The van der Waals surface area contributed by atoms with E-state index in [1.165, 1.54) is 0 Å². The lowest BCUT2D eigenvalue weighted by molar-refractivity contribution is -0.118. The van der Waals surface area contributed by atoms with Crippen LogP contribution in [0, 0.1) is 0 Å². The predicted molar refractivity (Wildman–Crippen MR) is 129 cm³/mol. The number of carbonyl (C=O) groups excluding carboxylic acids is 2. The minimum atomic E-state index is -0.415. The van der Waals surface area contributed by atoms with Gasteiger partial charge in [0.2, 0.25) is 11.8 Å². The Morgan fingerprint density at radius 2 is 1.62 bits per heavy atom. The Bertz CT molecular complexity index is 894. The van der Waals surface area contributed by atoms with Crippen LogP contribution in [0.2, 0.25) is 0 Å². The van der Waals surface area contributed by atoms with Crippen molar-refractivity contribution in [3.63, 3.8) is 0 Å². The highest BCUT2D eigenvalue weighted by Gasteiger charge is 2.17. The molecule has 0 aliphatic carbocycles. The third kappa shape index (κ3) is 6.80. The van der Waals surface area contributed by atoms with Gasteiger partial charge in [-0.1, -0.05) is 32.0 Å². The predicted octanol–water partition coefficient (Wildman–Crippen LogP) is 3.91. The standard InChI is InChI=1S/C25H34N4O3/c1-4-18(2)22-7-5-6-8-23(22)28-25(31)19(3)26-20-9-11-21(12-10-20)27-24(30)17-29-13-15-32-16-14-29/h5-12,18-19,26H,4,13-17H2,1-3H3,(H,27,30)(H,28,31). The Morgan fingerprint density at radius 1 is 0.969 bits per heavy atom. The van der Waals surface area contributed by atoms with E-state index in [4.69, 9.17) is 4.74 Å². The quantitative estimate of drug-likeness (QED) is 0.553. The molecule has 1 aliphatic heterocycles. The van der Waals surface area contributed by atoms with Crippen LogP contribution in [0.25, 0.3) is 0 Å². The van der Waals surface area contributed by atoms with Gasteiger partial charge in [0, 0.05) is 30.2 Å². The molecule has 0 bridgehead atoms. The van der Waals surface area contributed by atoms with E-state index in [1.807, 2.05) is 49.4 Å². The topological polar surface area (TPSA) is 82.7 Å². The minimum Gasteiger partial charge on any atom is -0.379 e. The molecule has 2 atom stereocenters. The smallest absolute Gasteiger partial charge is 0.246 e. The van der Waals surface area contributed by atoms with E-state index in [-0.39, 0.29) is 11.8 Å². The van der Waals surface area contributed by atoms with Gasteiger partial charge in [-0.2, -0.15) is 0 Å². The lowest BCUT2D eigenvalue weighted by atomic mass is 9.97. The number of nitrogens with zero attached hydrogens (tertiary/aromatic N) is 1. The van der Waals surface area contributed by atoms with Crippen LogP contribution < -0.4 is 16.0 Å². The van der Waals surface area contributed by atoms with Crippen LogP contribution in [-0.4, -0.2) is 55.6 Å². The van der Waals surface area contributed by atoms with Gasteiger partial charge in [-0.15, -0.1) is 0 Å². The highest BCUT2D eigenvalue weighted by molar-refractivity contribution is 5.97. The normalized spacial score (nSPS) is 16.1. The molecule has 32 heavy (non-hydrogen) atoms. The van der Waals surface area contributed by atoms with Crippen LogP contribution in [0.4, 0.5) is 17.1 Å². The third-order valence-corrected chi connectivity index (χ3v) is 5.78. The summed E-state index contributed by atoms with van der Waals surface area (Å²) in [6.45, 7) is 9.38. The summed E-state index contributed by atoms with van der Waals surface area (Å²) in [5.74, 6) is 0.240. The van der Waals surface area contributed by atoms with Gasteiger partial charge in [0.1, 0.15) is 6.04 Å². The molecule has 0 spiro atoms. The molecule has 0 aromatic heterocycles. The van der Waals surface area contributed by atoms with Crippen molar-refractivity contribution in [2.24, 2.45) is 0 Å². The summed E-state index contributed by atoms with van der Waals surface area (Å²) in [6.07, 6.45) is 1.01. The summed E-state index contributed by atoms with van der Waals surface area (Å²) in [7, 11) is 0. The van der Waals surface area contributed by atoms with Crippen LogP contribution >= 0.6 is 0 Å². The van der Waals surface area contributed by atoms with Gasteiger partial charge in [-0.05, 0) is 55.2 Å². The summed E-state index contributed by atoms with van der Waals surface area (Å²) < 4.78 is 5.31. The van der Waals surface area contributed by atoms with Crippen molar-refractivity contribution < 1.29 is 14.3 Å². The molecule has 1 saturated heterocycles. The lowest BCUT2D eigenvalue weighted by Gasteiger charge is -2.25. The molecular formula is C25H34N4O3. The van der Waals surface area contributed by atoms with Crippen molar-refractivity contribution >= 4 is 28.9 Å². The number of rotatable bonds is 9. The molecule has 3 N–H and O–H groups in total. The number of nitrogens with one attached hydrogen (secondary N) is 3. The average Bonchev–Trinajstić information content (AvgIpc) is 2.80. The first-order valence-corrected chi connectivity index (χ1v) is 11.3. The van der Waals surface area contributed by atoms with Gasteiger partial charge in [-0.3, -0.25) is 14.5 Å². The van der Waals surface area contributed by atoms with Gasteiger partial charge in [0.15, 0.2) is 0 Å². The maximum Gasteiger partial charge on any atom is 0.246 e. The zero-order valence-electron chi connectivity index (χ0n) is 19.2. The number of para-hydroxylation sites is 1. The van der Waals surface area contributed by atoms with Crippen molar-refractivity contribution in [1.29, 1.82) is 0 Å². The number of anilines is 3. The van der Waals surface area contributed by atoms with E-state index in [1.54, 1.807) is 0 Å². The van der Waals surface area contributed by atoms with E-state index in [0.29, 0.717) is 25.7 Å². The summed E-state index contributed by atoms with van der Waals surface area (Å²) >= 11 is 0. The largest absolute Gasteiger partial charge is 0.379 e. The molecule has 2 aromatic carbocycles. The lowest BCUT2D eigenvalue weighted by Crippen LogP contribution is -2.41. The second-order valence-electron chi connectivity index (χ2n) is 8.27. The number of morpholine rings is 1. The molecule has 2 aromatic rings. The van der Waals surface area contributed by atoms with E-state index >= 15 is 0 Å². The minimum absolute atomic E-state index is 0.0414. The van der Waals surface area contributed by atoms with E-state index in [9.17, 15) is 9.59 Å². The second-order valence-corrected chi connectivity index (χ2v) is 8.27. The fraction of sp³-hybridized carbons (Fsp3) is 0.440. The molecule has 0 radical (unpaired) electrons. The van der Waals surface area contributed by atoms with Gasteiger partial charge in [0.05, 0.1) is 19.8 Å². The van der Waals surface area contributed by atoms with Crippen molar-refractivity contribution in [1.82, 2.24) is 4.90 Å². The summed E-state index contributed by atoms with van der Waals surface area (Å²) in [4.78, 5) is 27.1. The Labute approximate surface area is 190 Å². The molecule has 0 saturated carbocycles. The second kappa shape index (κ2) is 11.6. The maximum atomic E-state index is 12.7. The van der Waals surface area contributed by atoms with Gasteiger partial charge in [0.25, 0.3) is 0 Å². The van der Waals surface area contributed by atoms with Crippen LogP contribution in [0.15, 0.2) is 48.5 Å². The molecule has 2 amide bonds. The molecule has 7 nitrogen and oxygen atoms in total. The molecule has 3 rings (SSSR count).